The van der Waals surface area contributed by atoms with Gasteiger partial charge in [0.15, 0.2) is 11.5 Å². The third-order valence-corrected chi connectivity index (χ3v) is 3.83. The van der Waals surface area contributed by atoms with E-state index in [0.717, 1.165) is 21.5 Å². The maximum atomic E-state index is 6.17. The van der Waals surface area contributed by atoms with E-state index in [1.165, 1.54) is 0 Å². The van der Waals surface area contributed by atoms with Crippen LogP contribution in [0.15, 0.2) is 34.8 Å². The zero-order chi connectivity index (χ0) is 14.8. The van der Waals surface area contributed by atoms with Gasteiger partial charge in [-0.05, 0) is 29.8 Å². The van der Waals surface area contributed by atoms with Gasteiger partial charge in [-0.3, -0.25) is 0 Å². The Labute approximate surface area is 136 Å². The maximum Gasteiger partial charge on any atom is 0.231 e. The molecule has 21 heavy (non-hydrogen) atoms. The first-order chi connectivity index (χ1) is 10.2. The minimum Gasteiger partial charge on any atom is -0.497 e. The Bertz CT molecular complexity index is 678. The largest absolute Gasteiger partial charge is 0.497 e. The van der Waals surface area contributed by atoms with Crippen LogP contribution in [0.25, 0.3) is 0 Å². The van der Waals surface area contributed by atoms with Gasteiger partial charge in [-0.1, -0.05) is 27.5 Å². The highest BCUT2D eigenvalue weighted by molar-refractivity contribution is 9.10. The number of fused-ring (bicyclic) bond motifs is 1. The normalized spacial score (nSPS) is 12.3. The summed E-state index contributed by atoms with van der Waals surface area (Å²) in [5.41, 5.74) is 1.97. The fraction of sp³-hybridized carbons (Fsp3) is 0.200. The van der Waals surface area contributed by atoms with Gasteiger partial charge in [0, 0.05) is 22.8 Å². The van der Waals surface area contributed by atoms with E-state index >= 15 is 0 Å². The minimum atomic E-state index is 0.217. The van der Waals surface area contributed by atoms with Crippen molar-refractivity contribution in [2.45, 2.75) is 6.54 Å². The van der Waals surface area contributed by atoms with E-state index in [1.807, 2.05) is 30.3 Å². The van der Waals surface area contributed by atoms with Crippen LogP contribution in [0.5, 0.6) is 17.2 Å². The summed E-state index contributed by atoms with van der Waals surface area (Å²) in [6.45, 7) is 0.838. The molecule has 2 aromatic carbocycles. The number of methoxy groups -OCH3 is 1. The van der Waals surface area contributed by atoms with Gasteiger partial charge in [0.05, 0.1) is 12.1 Å². The number of ether oxygens (including phenoxy) is 3. The van der Waals surface area contributed by atoms with Crippen molar-refractivity contribution in [1.82, 2.24) is 0 Å². The van der Waals surface area contributed by atoms with Gasteiger partial charge in [-0.15, -0.1) is 0 Å². The summed E-state index contributed by atoms with van der Waals surface area (Å²) in [4.78, 5) is 0. The van der Waals surface area contributed by atoms with Gasteiger partial charge in [0.1, 0.15) is 5.75 Å². The zero-order valence-electron chi connectivity index (χ0n) is 11.3. The molecular formula is C15H13BrClNO3. The first-order valence-electron chi connectivity index (χ1n) is 6.32. The molecule has 0 bridgehead atoms. The van der Waals surface area contributed by atoms with Crippen molar-refractivity contribution in [2.24, 2.45) is 0 Å². The summed E-state index contributed by atoms with van der Waals surface area (Å²) < 4.78 is 16.9. The number of benzene rings is 2. The molecule has 3 rings (SSSR count). The van der Waals surface area contributed by atoms with Crippen LogP contribution in [-0.4, -0.2) is 13.9 Å². The van der Waals surface area contributed by atoms with E-state index < -0.39 is 0 Å². The molecule has 1 heterocycles. The van der Waals surface area contributed by atoms with E-state index in [4.69, 9.17) is 25.8 Å². The highest BCUT2D eigenvalue weighted by Gasteiger charge is 2.18. The SMILES string of the molecule is COc1cc(Br)cc(NCc2cc(Cl)c3c(c2)OCO3)c1. The predicted molar refractivity (Wildman–Crippen MR) is 85.6 cm³/mol. The Morgan fingerprint density at radius 1 is 1.24 bits per heavy atom. The molecule has 1 N–H and O–H groups in total. The van der Waals surface area contributed by atoms with Crippen LogP contribution < -0.4 is 19.5 Å². The Morgan fingerprint density at radius 3 is 2.90 bits per heavy atom. The number of nitrogens with one attached hydrogen (secondary N) is 1. The fourth-order valence-corrected chi connectivity index (χ4v) is 2.87. The average Bonchev–Trinajstić information content (AvgIpc) is 2.93. The molecule has 0 saturated carbocycles. The lowest BCUT2D eigenvalue weighted by Gasteiger charge is -2.10. The van der Waals surface area contributed by atoms with Gasteiger partial charge < -0.3 is 19.5 Å². The van der Waals surface area contributed by atoms with Gasteiger partial charge in [0.25, 0.3) is 0 Å². The van der Waals surface area contributed by atoms with Gasteiger partial charge >= 0.3 is 0 Å². The first-order valence-corrected chi connectivity index (χ1v) is 7.49. The average molecular weight is 371 g/mol. The standard InChI is InChI=1S/C15H13BrClNO3/c1-19-12-5-10(16)4-11(6-12)18-7-9-2-13(17)15-14(3-9)20-8-21-15/h2-6,18H,7-8H2,1H3. The fourth-order valence-electron chi connectivity index (χ4n) is 2.11. The molecular weight excluding hydrogens is 358 g/mol. The van der Waals surface area contributed by atoms with Gasteiger partial charge in [-0.2, -0.15) is 0 Å². The molecule has 0 radical (unpaired) electrons. The van der Waals surface area contributed by atoms with Crippen molar-refractivity contribution in [3.8, 4) is 17.2 Å². The topological polar surface area (TPSA) is 39.7 Å². The molecule has 4 nitrogen and oxygen atoms in total. The molecule has 110 valence electrons. The molecule has 0 atom stereocenters. The first kappa shape index (κ1) is 14.4. The molecule has 0 fully saturated rings. The minimum absolute atomic E-state index is 0.217. The zero-order valence-corrected chi connectivity index (χ0v) is 13.6. The van der Waals surface area contributed by atoms with Crippen molar-refractivity contribution in [1.29, 1.82) is 0 Å². The van der Waals surface area contributed by atoms with Crippen LogP contribution in [0.2, 0.25) is 5.02 Å². The summed E-state index contributed by atoms with van der Waals surface area (Å²) >= 11 is 9.62. The van der Waals surface area contributed by atoms with Crippen LogP contribution in [0, 0.1) is 0 Å². The second-order valence-corrected chi connectivity index (χ2v) is 5.87. The monoisotopic (exact) mass is 369 g/mol. The van der Waals surface area contributed by atoms with E-state index in [1.54, 1.807) is 7.11 Å². The quantitative estimate of drug-likeness (QED) is 0.863. The second-order valence-electron chi connectivity index (χ2n) is 4.54. The highest BCUT2D eigenvalue weighted by atomic mass is 79.9. The molecule has 2 aromatic rings. The smallest absolute Gasteiger partial charge is 0.231 e. The molecule has 0 aromatic heterocycles. The Balaban J connectivity index is 1.76. The van der Waals surface area contributed by atoms with Crippen LogP contribution in [-0.2, 0) is 6.54 Å². The van der Waals surface area contributed by atoms with E-state index in [-0.39, 0.29) is 6.79 Å². The lowest BCUT2D eigenvalue weighted by atomic mass is 10.2. The van der Waals surface area contributed by atoms with Crippen molar-refractivity contribution >= 4 is 33.2 Å². The number of hydrogen-bond acceptors (Lipinski definition) is 4. The van der Waals surface area contributed by atoms with E-state index in [2.05, 4.69) is 21.2 Å². The lowest BCUT2D eigenvalue weighted by molar-refractivity contribution is 0.174. The molecule has 6 heteroatoms. The third-order valence-electron chi connectivity index (χ3n) is 3.09. The molecule has 0 saturated heterocycles. The Morgan fingerprint density at radius 2 is 2.10 bits per heavy atom. The van der Waals surface area contributed by atoms with Crippen LogP contribution >= 0.6 is 27.5 Å². The summed E-state index contributed by atoms with van der Waals surface area (Å²) in [6, 6.07) is 9.62. The summed E-state index contributed by atoms with van der Waals surface area (Å²) in [5, 5.41) is 3.89. The van der Waals surface area contributed by atoms with E-state index in [9.17, 15) is 0 Å². The molecule has 1 aliphatic heterocycles. The molecule has 0 unspecified atom stereocenters. The maximum absolute atomic E-state index is 6.17. The van der Waals surface area contributed by atoms with Gasteiger partial charge in [-0.25, -0.2) is 0 Å². The third kappa shape index (κ3) is 3.19. The molecule has 0 aliphatic carbocycles. The van der Waals surface area contributed by atoms with Crippen LogP contribution in [0.1, 0.15) is 5.56 Å². The van der Waals surface area contributed by atoms with Gasteiger partial charge in [0.2, 0.25) is 6.79 Å². The van der Waals surface area contributed by atoms with Crippen molar-refractivity contribution in [3.63, 3.8) is 0 Å². The Hall–Kier alpha value is -1.59. The number of halogens is 2. The molecule has 1 aliphatic rings. The Kier molecular flexibility index (Phi) is 4.12. The number of hydrogen-bond donors (Lipinski definition) is 1. The summed E-state index contributed by atoms with van der Waals surface area (Å²) in [6.07, 6.45) is 0. The van der Waals surface area contributed by atoms with E-state index in [0.29, 0.717) is 23.1 Å². The summed E-state index contributed by atoms with van der Waals surface area (Å²) in [7, 11) is 1.64. The molecule has 0 amide bonds. The summed E-state index contributed by atoms with van der Waals surface area (Å²) in [5.74, 6) is 2.09. The van der Waals surface area contributed by atoms with Crippen molar-refractivity contribution < 1.29 is 14.2 Å². The molecule has 0 spiro atoms. The highest BCUT2D eigenvalue weighted by Crippen LogP contribution is 2.40. The van der Waals surface area contributed by atoms with Crippen molar-refractivity contribution in [3.05, 3.63) is 45.4 Å². The van der Waals surface area contributed by atoms with Crippen LogP contribution in [0.4, 0.5) is 5.69 Å². The lowest BCUT2D eigenvalue weighted by Crippen LogP contribution is -2.00. The van der Waals surface area contributed by atoms with Crippen LogP contribution in [0.3, 0.4) is 0 Å². The second kappa shape index (κ2) is 6.03. The predicted octanol–water partition coefficient (Wildman–Crippen LogP) is 4.45. The number of anilines is 1. The van der Waals surface area contributed by atoms with Crippen molar-refractivity contribution in [2.75, 3.05) is 19.2 Å². The number of rotatable bonds is 4.